The molecule has 6 nitrogen and oxygen atoms in total. The summed E-state index contributed by atoms with van der Waals surface area (Å²) in [6.07, 6.45) is -0.390. The first-order chi connectivity index (χ1) is 13.2. The van der Waals surface area contributed by atoms with Gasteiger partial charge in [0.1, 0.15) is 0 Å². The molecule has 0 aliphatic carbocycles. The van der Waals surface area contributed by atoms with Crippen LogP contribution in [0, 0.1) is 0 Å². The third kappa shape index (κ3) is 4.67. The third-order valence-electron chi connectivity index (χ3n) is 4.30. The number of benzene rings is 2. The van der Waals surface area contributed by atoms with Crippen LogP contribution in [-0.2, 0) is 14.8 Å². The first-order valence-electron chi connectivity index (χ1n) is 8.69. The van der Waals surface area contributed by atoms with E-state index in [2.05, 4.69) is 5.32 Å². The van der Waals surface area contributed by atoms with Crippen LogP contribution in [0.4, 0.5) is 5.69 Å². The number of ether oxygens (including phenoxy) is 1. The van der Waals surface area contributed by atoms with Gasteiger partial charge < -0.3 is 10.1 Å². The lowest BCUT2D eigenvalue weighted by atomic mass is 10.2. The quantitative estimate of drug-likeness (QED) is 0.774. The highest BCUT2D eigenvalue weighted by atomic mass is 35.5. The first-order valence-corrected chi connectivity index (χ1v) is 10.9. The molecule has 1 fully saturated rings. The average molecular weight is 443 g/mol. The molecule has 0 saturated carbocycles. The number of nitrogens with one attached hydrogen (secondary N) is 1. The molecular weight excluding hydrogens is 423 g/mol. The summed E-state index contributed by atoms with van der Waals surface area (Å²) >= 11 is 11.8. The van der Waals surface area contributed by atoms with E-state index in [1.807, 2.05) is 13.8 Å². The zero-order chi connectivity index (χ0) is 20.5. The van der Waals surface area contributed by atoms with Crippen molar-refractivity contribution in [3.05, 3.63) is 58.1 Å². The Balaban J connectivity index is 1.83. The first kappa shape index (κ1) is 21.1. The highest BCUT2D eigenvalue weighted by molar-refractivity contribution is 7.89. The van der Waals surface area contributed by atoms with E-state index in [9.17, 15) is 13.2 Å². The fourth-order valence-corrected chi connectivity index (χ4v) is 4.99. The smallest absolute Gasteiger partial charge is 0.255 e. The van der Waals surface area contributed by atoms with Gasteiger partial charge in [-0.25, -0.2) is 8.42 Å². The molecule has 0 aromatic heterocycles. The summed E-state index contributed by atoms with van der Waals surface area (Å²) in [6.45, 7) is 4.21. The maximum atomic E-state index is 13.0. The van der Waals surface area contributed by atoms with Gasteiger partial charge in [0.15, 0.2) is 0 Å². The Morgan fingerprint density at radius 3 is 2.39 bits per heavy atom. The lowest BCUT2D eigenvalue weighted by Gasteiger charge is -2.34. The summed E-state index contributed by atoms with van der Waals surface area (Å²) in [4.78, 5) is 12.6. The molecule has 2 aromatic rings. The van der Waals surface area contributed by atoms with Crippen LogP contribution in [-0.4, -0.2) is 43.9 Å². The molecule has 9 heteroatoms. The van der Waals surface area contributed by atoms with Crippen LogP contribution in [0.3, 0.4) is 0 Å². The highest BCUT2D eigenvalue weighted by Crippen LogP contribution is 2.26. The Bertz CT molecular complexity index is 987. The third-order valence-corrected chi connectivity index (χ3v) is 6.86. The van der Waals surface area contributed by atoms with Crippen molar-refractivity contribution >= 4 is 44.8 Å². The molecule has 0 radical (unpaired) electrons. The Morgan fingerprint density at radius 2 is 1.75 bits per heavy atom. The van der Waals surface area contributed by atoms with Crippen LogP contribution >= 0.6 is 23.2 Å². The van der Waals surface area contributed by atoms with Gasteiger partial charge in [0.2, 0.25) is 10.0 Å². The molecule has 150 valence electrons. The van der Waals surface area contributed by atoms with E-state index < -0.39 is 15.9 Å². The Hall–Kier alpha value is -1.64. The highest BCUT2D eigenvalue weighted by Gasteiger charge is 2.32. The minimum Gasteiger partial charge on any atom is -0.373 e. The predicted molar refractivity (Wildman–Crippen MR) is 110 cm³/mol. The number of halogens is 2. The van der Waals surface area contributed by atoms with Gasteiger partial charge in [-0.2, -0.15) is 4.31 Å². The summed E-state index contributed by atoms with van der Waals surface area (Å²) < 4.78 is 33.0. The van der Waals surface area contributed by atoms with E-state index in [4.69, 9.17) is 27.9 Å². The van der Waals surface area contributed by atoms with Crippen LogP contribution in [0.15, 0.2) is 47.4 Å². The minimum absolute atomic E-state index is 0.0654. The Kier molecular flexibility index (Phi) is 6.31. The molecule has 1 saturated heterocycles. The van der Waals surface area contributed by atoms with Crippen molar-refractivity contribution < 1.29 is 17.9 Å². The Labute approximate surface area is 174 Å². The van der Waals surface area contributed by atoms with Crippen molar-refractivity contribution in [2.45, 2.75) is 31.0 Å². The minimum atomic E-state index is -3.73. The van der Waals surface area contributed by atoms with Gasteiger partial charge in [-0.15, -0.1) is 0 Å². The van der Waals surface area contributed by atoms with Crippen molar-refractivity contribution in [1.29, 1.82) is 0 Å². The van der Waals surface area contributed by atoms with E-state index in [-0.39, 0.29) is 35.8 Å². The lowest BCUT2D eigenvalue weighted by molar-refractivity contribution is -0.0440. The molecule has 1 aliphatic heterocycles. The fourth-order valence-electron chi connectivity index (χ4n) is 3.05. The number of hydrogen-bond acceptors (Lipinski definition) is 4. The molecule has 1 N–H and O–H groups in total. The van der Waals surface area contributed by atoms with Crippen molar-refractivity contribution in [3.8, 4) is 0 Å². The topological polar surface area (TPSA) is 75.7 Å². The number of nitrogens with zero attached hydrogens (tertiary/aromatic N) is 1. The number of carbonyl (C=O) groups excluding carboxylic acids is 1. The number of morpholine rings is 1. The van der Waals surface area contributed by atoms with Crippen LogP contribution < -0.4 is 5.32 Å². The molecular formula is C19H20Cl2N2O4S. The predicted octanol–water partition coefficient (Wildman–Crippen LogP) is 4.04. The Morgan fingerprint density at radius 1 is 1.07 bits per heavy atom. The van der Waals surface area contributed by atoms with Gasteiger partial charge in [0.05, 0.1) is 27.1 Å². The SMILES string of the molecule is C[C@@H]1CN(S(=O)(=O)c2cccc(C(=O)Nc3ccc(Cl)c(Cl)c3)c2)C[C@@H](C)O1. The van der Waals surface area contributed by atoms with Gasteiger partial charge in [0.25, 0.3) is 5.91 Å². The number of sulfonamides is 1. The van der Waals surface area contributed by atoms with Crippen LogP contribution in [0.5, 0.6) is 0 Å². The molecule has 28 heavy (non-hydrogen) atoms. The standard InChI is InChI=1S/C19H20Cl2N2O4S/c1-12-10-23(11-13(2)27-12)28(25,26)16-5-3-4-14(8-16)19(24)22-15-6-7-17(20)18(21)9-15/h3-9,12-13H,10-11H2,1-2H3,(H,22,24)/t12-,13-/m1/s1. The van der Waals surface area contributed by atoms with Crippen molar-refractivity contribution in [2.24, 2.45) is 0 Å². The molecule has 2 aromatic carbocycles. The summed E-state index contributed by atoms with van der Waals surface area (Å²) in [5, 5.41) is 3.38. The second-order valence-electron chi connectivity index (χ2n) is 6.69. The maximum absolute atomic E-state index is 13.0. The van der Waals surface area contributed by atoms with Crippen LogP contribution in [0.2, 0.25) is 10.0 Å². The van der Waals surface area contributed by atoms with E-state index in [1.165, 1.54) is 22.5 Å². The van der Waals surface area contributed by atoms with Crippen molar-refractivity contribution in [2.75, 3.05) is 18.4 Å². The van der Waals surface area contributed by atoms with Gasteiger partial charge >= 0.3 is 0 Å². The average Bonchev–Trinajstić information content (AvgIpc) is 2.64. The number of anilines is 1. The molecule has 0 bridgehead atoms. The van der Waals surface area contributed by atoms with E-state index in [0.717, 1.165) is 0 Å². The van der Waals surface area contributed by atoms with Gasteiger partial charge in [0, 0.05) is 24.3 Å². The fraction of sp³-hybridized carbons (Fsp3) is 0.316. The van der Waals surface area contributed by atoms with Crippen molar-refractivity contribution in [3.63, 3.8) is 0 Å². The number of rotatable bonds is 4. The van der Waals surface area contributed by atoms with Gasteiger partial charge in [-0.3, -0.25) is 4.79 Å². The molecule has 1 amide bonds. The molecule has 0 spiro atoms. The molecule has 3 rings (SSSR count). The summed E-state index contributed by atoms with van der Waals surface area (Å²) in [5.74, 6) is -0.445. The van der Waals surface area contributed by atoms with Gasteiger partial charge in [-0.05, 0) is 50.2 Å². The number of amides is 1. The number of hydrogen-bond donors (Lipinski definition) is 1. The summed E-state index contributed by atoms with van der Waals surface area (Å²) in [6, 6.07) is 10.7. The van der Waals surface area contributed by atoms with Crippen molar-refractivity contribution in [1.82, 2.24) is 4.31 Å². The number of carbonyl (C=O) groups is 1. The maximum Gasteiger partial charge on any atom is 0.255 e. The summed E-state index contributed by atoms with van der Waals surface area (Å²) in [7, 11) is -3.73. The monoisotopic (exact) mass is 442 g/mol. The molecule has 0 unspecified atom stereocenters. The molecule has 2 atom stereocenters. The largest absolute Gasteiger partial charge is 0.373 e. The van der Waals surface area contributed by atoms with E-state index in [1.54, 1.807) is 24.3 Å². The zero-order valence-corrected chi connectivity index (χ0v) is 17.7. The second kappa shape index (κ2) is 8.39. The molecule has 1 heterocycles. The normalized spacial score (nSPS) is 20.7. The zero-order valence-electron chi connectivity index (χ0n) is 15.4. The van der Waals surface area contributed by atoms with Crippen LogP contribution in [0.1, 0.15) is 24.2 Å². The lowest BCUT2D eigenvalue weighted by Crippen LogP contribution is -2.48. The molecule has 1 aliphatic rings. The summed E-state index contributed by atoms with van der Waals surface area (Å²) in [5.41, 5.74) is 0.685. The van der Waals surface area contributed by atoms with E-state index in [0.29, 0.717) is 15.7 Å². The van der Waals surface area contributed by atoms with Gasteiger partial charge in [-0.1, -0.05) is 29.3 Å². The van der Waals surface area contributed by atoms with E-state index >= 15 is 0 Å². The van der Waals surface area contributed by atoms with Crippen LogP contribution in [0.25, 0.3) is 0 Å². The second-order valence-corrected chi connectivity index (χ2v) is 9.44.